The van der Waals surface area contributed by atoms with Gasteiger partial charge in [0.15, 0.2) is 5.17 Å². The van der Waals surface area contributed by atoms with Gasteiger partial charge in [0.2, 0.25) is 5.91 Å². The van der Waals surface area contributed by atoms with E-state index in [4.69, 9.17) is 0 Å². The van der Waals surface area contributed by atoms with E-state index in [1.165, 1.54) is 23.5 Å². The van der Waals surface area contributed by atoms with E-state index in [1.54, 1.807) is 24.3 Å². The normalized spacial score (nSPS) is 19.1. The molecule has 2 N–H and O–H groups in total. The smallest absolute Gasteiger partial charge is 0.239 e. The van der Waals surface area contributed by atoms with Crippen LogP contribution in [0.4, 0.5) is 0 Å². The van der Waals surface area contributed by atoms with Crippen LogP contribution in [-0.4, -0.2) is 27.6 Å². The molecule has 0 bridgehead atoms. The predicted molar refractivity (Wildman–Crippen MR) is 97.5 cm³/mol. The Morgan fingerprint density at radius 2 is 1.96 bits per heavy atom. The van der Waals surface area contributed by atoms with Crippen molar-refractivity contribution in [1.82, 2.24) is 5.32 Å². The van der Waals surface area contributed by atoms with Crippen molar-refractivity contribution in [1.29, 1.82) is 0 Å². The van der Waals surface area contributed by atoms with Crippen LogP contribution < -0.4 is 5.32 Å². The number of hydrogen-bond donors (Lipinski definition) is 2. The molecule has 122 valence electrons. The van der Waals surface area contributed by atoms with Crippen molar-refractivity contribution in [3.63, 3.8) is 0 Å². The molecule has 1 saturated heterocycles. The van der Waals surface area contributed by atoms with Crippen molar-refractivity contribution >= 4 is 29.1 Å². The quantitative estimate of drug-likeness (QED) is 0.664. The molecule has 1 heterocycles. The third-order valence-electron chi connectivity index (χ3n) is 3.60. The van der Waals surface area contributed by atoms with Crippen LogP contribution in [0.2, 0.25) is 0 Å². The highest BCUT2D eigenvalue weighted by molar-refractivity contribution is 8.15. The van der Waals surface area contributed by atoms with Crippen LogP contribution in [-0.2, 0) is 11.2 Å². The van der Waals surface area contributed by atoms with Gasteiger partial charge >= 0.3 is 0 Å². The monoisotopic (exact) mass is 339 g/mol. The maximum Gasteiger partial charge on any atom is 0.239 e. The molecule has 0 aromatic heterocycles. The molecule has 2 aromatic rings. The largest absolute Gasteiger partial charge is 0.507 e. The average molecular weight is 339 g/mol. The Morgan fingerprint density at radius 3 is 2.71 bits per heavy atom. The number of amidine groups is 1. The summed E-state index contributed by atoms with van der Waals surface area (Å²) in [4.78, 5) is 12.0. The number of aromatic hydroxyl groups is 1. The number of carbonyl (C=O) groups is 1. The second kappa shape index (κ2) is 7.31. The zero-order valence-corrected chi connectivity index (χ0v) is 14.0. The number of rotatable bonds is 4. The summed E-state index contributed by atoms with van der Waals surface area (Å²) in [6.07, 6.45) is 2.11. The Balaban J connectivity index is 1.63. The van der Waals surface area contributed by atoms with Gasteiger partial charge in [0.1, 0.15) is 5.75 Å². The van der Waals surface area contributed by atoms with Crippen LogP contribution in [0.1, 0.15) is 16.7 Å². The number of phenolic OH excluding ortho intramolecular Hbond substituents is 1. The predicted octanol–water partition coefficient (Wildman–Crippen LogP) is 2.86. The highest BCUT2D eigenvalue weighted by atomic mass is 32.2. The first-order valence-electron chi connectivity index (χ1n) is 7.54. The van der Waals surface area contributed by atoms with Gasteiger partial charge in [-0.05, 0) is 31.0 Å². The Hall–Kier alpha value is -2.60. The molecule has 24 heavy (non-hydrogen) atoms. The van der Waals surface area contributed by atoms with Gasteiger partial charge in [0.25, 0.3) is 0 Å². The Morgan fingerprint density at radius 1 is 1.21 bits per heavy atom. The lowest BCUT2D eigenvalue weighted by Gasteiger charge is -2.05. The lowest BCUT2D eigenvalue weighted by atomic mass is 10.1. The van der Waals surface area contributed by atoms with Crippen LogP contribution in [0.3, 0.4) is 0 Å². The van der Waals surface area contributed by atoms with Crippen LogP contribution in [0.5, 0.6) is 5.75 Å². The summed E-state index contributed by atoms with van der Waals surface area (Å²) in [7, 11) is 0. The zero-order valence-electron chi connectivity index (χ0n) is 13.1. The van der Waals surface area contributed by atoms with Gasteiger partial charge in [-0.2, -0.15) is 5.10 Å². The fourth-order valence-electron chi connectivity index (χ4n) is 2.26. The number of hydrogen-bond acceptors (Lipinski definition) is 5. The number of aryl methyl sites for hydroxylation is 1. The first-order valence-corrected chi connectivity index (χ1v) is 8.42. The minimum Gasteiger partial charge on any atom is -0.507 e. The summed E-state index contributed by atoms with van der Waals surface area (Å²) in [6.45, 7) is 2.04. The maximum atomic E-state index is 12.0. The molecule has 5 nitrogen and oxygen atoms in total. The fraction of sp³-hybridized carbons (Fsp3) is 0.167. The van der Waals surface area contributed by atoms with Gasteiger partial charge in [0.05, 0.1) is 11.5 Å². The number of nitrogens with zero attached hydrogens (tertiary/aromatic N) is 2. The van der Waals surface area contributed by atoms with Crippen molar-refractivity contribution < 1.29 is 9.90 Å². The van der Waals surface area contributed by atoms with Gasteiger partial charge in [-0.1, -0.05) is 53.7 Å². The van der Waals surface area contributed by atoms with Gasteiger partial charge in [-0.25, -0.2) is 0 Å². The van der Waals surface area contributed by atoms with E-state index in [0.717, 1.165) is 5.56 Å². The Bertz CT molecular complexity index is 800. The molecule has 3 rings (SSSR count). The number of amides is 1. The Labute approximate surface area is 144 Å². The maximum absolute atomic E-state index is 12.0. The molecule has 0 aliphatic carbocycles. The number of para-hydroxylation sites is 1. The lowest BCUT2D eigenvalue weighted by Crippen LogP contribution is -2.25. The van der Waals surface area contributed by atoms with Crippen LogP contribution in [0.15, 0.2) is 58.7 Å². The van der Waals surface area contributed by atoms with Crippen molar-refractivity contribution in [2.45, 2.75) is 18.6 Å². The topological polar surface area (TPSA) is 74.1 Å². The van der Waals surface area contributed by atoms with Crippen molar-refractivity contribution in [3.8, 4) is 5.75 Å². The number of thioether (sulfide) groups is 1. The molecule has 0 unspecified atom stereocenters. The first-order chi connectivity index (χ1) is 11.6. The highest BCUT2D eigenvalue weighted by Gasteiger charge is 2.30. The van der Waals surface area contributed by atoms with Gasteiger partial charge in [-0.15, -0.1) is 5.10 Å². The standard InChI is InChI=1S/C18H17N3O2S/c1-12-6-8-13(9-7-12)10-16-17(23)20-18(24-16)21-19-11-14-4-2-3-5-15(14)22/h2-9,11,16,22H,10H2,1H3,(H,20,21,23)/t16-/m0/s1. The molecular formula is C18H17N3O2S. The number of nitrogens with one attached hydrogen (secondary N) is 1. The van der Waals surface area contributed by atoms with Gasteiger partial charge in [-0.3, -0.25) is 4.79 Å². The second-order valence-electron chi connectivity index (χ2n) is 5.49. The molecule has 1 amide bonds. The second-order valence-corrected chi connectivity index (χ2v) is 6.69. The highest BCUT2D eigenvalue weighted by Crippen LogP contribution is 2.23. The minimum atomic E-state index is -0.202. The summed E-state index contributed by atoms with van der Waals surface area (Å²) >= 11 is 1.37. The third-order valence-corrected chi connectivity index (χ3v) is 4.67. The van der Waals surface area contributed by atoms with Gasteiger partial charge < -0.3 is 10.4 Å². The summed E-state index contributed by atoms with van der Waals surface area (Å²) < 4.78 is 0. The zero-order chi connectivity index (χ0) is 16.9. The molecule has 0 saturated carbocycles. The molecule has 1 aliphatic rings. The molecule has 1 fully saturated rings. The van der Waals surface area contributed by atoms with E-state index < -0.39 is 0 Å². The molecular weight excluding hydrogens is 322 g/mol. The van der Waals surface area contributed by atoms with E-state index in [0.29, 0.717) is 17.2 Å². The molecule has 6 heteroatoms. The van der Waals surface area contributed by atoms with Crippen LogP contribution >= 0.6 is 11.8 Å². The van der Waals surface area contributed by atoms with E-state index in [9.17, 15) is 9.90 Å². The minimum absolute atomic E-state index is 0.0583. The summed E-state index contributed by atoms with van der Waals surface area (Å²) in [5.74, 6) is 0.0823. The SMILES string of the molecule is Cc1ccc(C[C@@H]2SC(=NN=Cc3ccccc3O)NC2=O)cc1. The molecule has 2 aromatic carbocycles. The molecule has 0 spiro atoms. The van der Waals surface area contributed by atoms with Crippen molar-refractivity contribution in [2.75, 3.05) is 0 Å². The summed E-state index contributed by atoms with van der Waals surface area (Å²) in [5, 5.41) is 20.6. The molecule has 1 atom stereocenters. The number of benzene rings is 2. The fourth-order valence-corrected chi connectivity index (χ4v) is 3.23. The number of phenols is 1. The first kappa shape index (κ1) is 16.3. The lowest BCUT2D eigenvalue weighted by molar-refractivity contribution is -0.118. The van der Waals surface area contributed by atoms with Crippen molar-refractivity contribution in [2.24, 2.45) is 10.2 Å². The van der Waals surface area contributed by atoms with E-state index >= 15 is 0 Å². The molecule has 0 radical (unpaired) electrons. The van der Waals surface area contributed by atoms with E-state index in [2.05, 4.69) is 15.5 Å². The van der Waals surface area contributed by atoms with Crippen molar-refractivity contribution in [3.05, 3.63) is 65.2 Å². The Kier molecular flexibility index (Phi) is 4.96. The molecule has 1 aliphatic heterocycles. The summed E-state index contributed by atoms with van der Waals surface area (Å²) in [6, 6.07) is 15.0. The van der Waals surface area contributed by atoms with Crippen LogP contribution in [0.25, 0.3) is 0 Å². The van der Waals surface area contributed by atoms with E-state index in [1.807, 2.05) is 31.2 Å². The van der Waals surface area contributed by atoms with Crippen LogP contribution in [0, 0.1) is 6.92 Å². The van der Waals surface area contributed by atoms with Gasteiger partial charge in [0, 0.05) is 5.56 Å². The summed E-state index contributed by atoms with van der Waals surface area (Å²) in [5.41, 5.74) is 2.89. The third kappa shape index (κ3) is 4.02. The number of carbonyl (C=O) groups excluding carboxylic acids is 1. The van der Waals surface area contributed by atoms with E-state index in [-0.39, 0.29) is 16.9 Å². The average Bonchev–Trinajstić information content (AvgIpc) is 2.91.